The molecule has 0 aliphatic rings. The normalized spacial score (nSPS) is 13.5. The molecule has 3 atom stereocenters. The SMILES string of the molecule is CCCCCCCC/C=C\CCCC(CC(=O)NC(CO)C(O)CCCCCCCCCCCC)OC(=O)CCCCC/C=C\CCCCCCCCC. The second-order valence-electron chi connectivity index (χ2n) is 16.2. The number of amides is 1. The van der Waals surface area contributed by atoms with Crippen LogP contribution in [0.1, 0.15) is 245 Å². The average molecular weight is 762 g/mol. The lowest BCUT2D eigenvalue weighted by Crippen LogP contribution is -2.46. The molecule has 0 fully saturated rings. The molecule has 0 spiro atoms. The molecule has 0 saturated heterocycles. The van der Waals surface area contributed by atoms with E-state index in [1.54, 1.807) is 0 Å². The first-order chi connectivity index (χ1) is 26.5. The molecule has 3 N–H and O–H groups in total. The highest BCUT2D eigenvalue weighted by Crippen LogP contribution is 2.16. The van der Waals surface area contributed by atoms with Gasteiger partial charge in [0.2, 0.25) is 5.91 Å². The number of rotatable bonds is 42. The number of hydrogen-bond donors (Lipinski definition) is 3. The van der Waals surface area contributed by atoms with Gasteiger partial charge in [-0.05, 0) is 70.6 Å². The largest absolute Gasteiger partial charge is 0.462 e. The van der Waals surface area contributed by atoms with Crippen molar-refractivity contribution in [2.75, 3.05) is 6.61 Å². The zero-order chi connectivity index (χ0) is 39.6. The summed E-state index contributed by atoms with van der Waals surface area (Å²) in [5.41, 5.74) is 0. The molecule has 54 heavy (non-hydrogen) atoms. The highest BCUT2D eigenvalue weighted by molar-refractivity contribution is 5.77. The van der Waals surface area contributed by atoms with Crippen LogP contribution in [-0.4, -0.2) is 46.9 Å². The molecular formula is C48H91NO5. The minimum absolute atomic E-state index is 0.0538. The number of esters is 1. The van der Waals surface area contributed by atoms with E-state index in [2.05, 4.69) is 50.4 Å². The van der Waals surface area contributed by atoms with Gasteiger partial charge in [-0.25, -0.2) is 0 Å². The molecule has 6 nitrogen and oxygen atoms in total. The number of allylic oxidation sites excluding steroid dienone is 4. The Kier molecular flexibility index (Phi) is 41.2. The summed E-state index contributed by atoms with van der Waals surface area (Å²) in [6.07, 6.45) is 46.7. The first-order valence-electron chi connectivity index (χ1n) is 23.6. The standard InChI is InChI=1S/C48H91NO5/c1-4-7-10-13-16-19-22-23-24-26-29-32-35-38-41-48(53)54-44(39-36-33-30-27-25-20-17-14-11-8-5-2)42-47(52)49-45(43-50)46(51)40-37-34-31-28-21-18-15-12-9-6-3/h24,26-27,30,44-46,50-51H,4-23,25,28-29,31-43H2,1-3H3,(H,49,52)/b26-24-,30-27-. The van der Waals surface area contributed by atoms with Crippen LogP contribution in [0.4, 0.5) is 0 Å². The van der Waals surface area contributed by atoms with E-state index in [0.29, 0.717) is 19.3 Å². The molecule has 0 bridgehead atoms. The number of carbonyl (C=O) groups excluding carboxylic acids is 2. The molecule has 0 aromatic rings. The van der Waals surface area contributed by atoms with Crippen molar-refractivity contribution in [1.29, 1.82) is 0 Å². The Morgan fingerprint density at radius 1 is 0.519 bits per heavy atom. The molecular weight excluding hydrogens is 671 g/mol. The molecule has 0 aromatic carbocycles. The fourth-order valence-electron chi connectivity index (χ4n) is 7.13. The predicted octanol–water partition coefficient (Wildman–Crippen LogP) is 13.6. The fourth-order valence-corrected chi connectivity index (χ4v) is 7.13. The van der Waals surface area contributed by atoms with E-state index < -0.39 is 18.2 Å². The minimum Gasteiger partial charge on any atom is -0.462 e. The van der Waals surface area contributed by atoms with Gasteiger partial charge in [-0.15, -0.1) is 0 Å². The van der Waals surface area contributed by atoms with Crippen LogP contribution in [0.15, 0.2) is 24.3 Å². The Bertz CT molecular complexity index is 858. The highest BCUT2D eigenvalue weighted by atomic mass is 16.5. The Morgan fingerprint density at radius 3 is 1.35 bits per heavy atom. The molecule has 1 amide bonds. The van der Waals surface area contributed by atoms with Gasteiger partial charge in [-0.1, -0.05) is 186 Å². The van der Waals surface area contributed by atoms with Crippen LogP contribution < -0.4 is 5.32 Å². The zero-order valence-corrected chi connectivity index (χ0v) is 36.1. The molecule has 3 unspecified atom stereocenters. The van der Waals surface area contributed by atoms with Gasteiger partial charge in [0.15, 0.2) is 0 Å². The van der Waals surface area contributed by atoms with Gasteiger partial charge >= 0.3 is 5.97 Å². The van der Waals surface area contributed by atoms with E-state index in [1.165, 1.54) is 135 Å². The molecule has 0 radical (unpaired) electrons. The molecule has 0 heterocycles. The predicted molar refractivity (Wildman–Crippen MR) is 232 cm³/mol. The van der Waals surface area contributed by atoms with Gasteiger partial charge in [0.25, 0.3) is 0 Å². The Labute approximate surface area is 335 Å². The summed E-state index contributed by atoms with van der Waals surface area (Å²) in [6, 6.07) is -0.707. The maximum absolute atomic E-state index is 13.1. The number of aliphatic hydroxyl groups excluding tert-OH is 2. The summed E-state index contributed by atoms with van der Waals surface area (Å²) in [5.74, 6) is -0.517. The summed E-state index contributed by atoms with van der Waals surface area (Å²) in [5, 5.41) is 23.6. The number of ether oxygens (including phenoxy) is 1. The van der Waals surface area contributed by atoms with Crippen LogP contribution in [0.3, 0.4) is 0 Å². The van der Waals surface area contributed by atoms with Gasteiger partial charge in [-0.3, -0.25) is 9.59 Å². The van der Waals surface area contributed by atoms with Crippen molar-refractivity contribution in [3.05, 3.63) is 24.3 Å². The number of hydrogen-bond acceptors (Lipinski definition) is 5. The maximum Gasteiger partial charge on any atom is 0.306 e. The lowest BCUT2D eigenvalue weighted by atomic mass is 10.0. The average Bonchev–Trinajstić information content (AvgIpc) is 3.16. The summed E-state index contributed by atoms with van der Waals surface area (Å²) in [6.45, 7) is 6.44. The van der Waals surface area contributed by atoms with Crippen LogP contribution in [-0.2, 0) is 14.3 Å². The summed E-state index contributed by atoms with van der Waals surface area (Å²) in [4.78, 5) is 26.0. The summed E-state index contributed by atoms with van der Waals surface area (Å²) >= 11 is 0. The van der Waals surface area contributed by atoms with E-state index >= 15 is 0 Å². The van der Waals surface area contributed by atoms with Gasteiger partial charge in [-0.2, -0.15) is 0 Å². The third-order valence-electron chi connectivity index (χ3n) is 10.8. The van der Waals surface area contributed by atoms with Crippen molar-refractivity contribution in [3.63, 3.8) is 0 Å². The smallest absolute Gasteiger partial charge is 0.306 e. The number of carbonyl (C=O) groups is 2. The van der Waals surface area contributed by atoms with E-state index in [4.69, 9.17) is 4.74 Å². The fraction of sp³-hybridized carbons (Fsp3) is 0.875. The van der Waals surface area contributed by atoms with Crippen molar-refractivity contribution in [2.24, 2.45) is 0 Å². The van der Waals surface area contributed by atoms with Crippen molar-refractivity contribution < 1.29 is 24.5 Å². The Hall–Kier alpha value is -1.66. The van der Waals surface area contributed by atoms with Crippen molar-refractivity contribution in [1.82, 2.24) is 5.32 Å². The van der Waals surface area contributed by atoms with Crippen LogP contribution in [0.2, 0.25) is 0 Å². The molecule has 0 rings (SSSR count). The number of aliphatic hydroxyl groups is 2. The third kappa shape index (κ3) is 37.3. The minimum atomic E-state index is -0.791. The van der Waals surface area contributed by atoms with Crippen molar-refractivity contribution in [3.8, 4) is 0 Å². The molecule has 0 aliphatic heterocycles. The molecule has 0 aliphatic carbocycles. The lowest BCUT2D eigenvalue weighted by Gasteiger charge is -2.24. The zero-order valence-electron chi connectivity index (χ0n) is 36.1. The molecule has 0 aromatic heterocycles. The van der Waals surface area contributed by atoms with Gasteiger partial charge in [0, 0.05) is 6.42 Å². The quantitative estimate of drug-likeness (QED) is 0.0327. The highest BCUT2D eigenvalue weighted by Gasteiger charge is 2.24. The number of nitrogens with one attached hydrogen (secondary N) is 1. The molecule has 0 saturated carbocycles. The van der Waals surface area contributed by atoms with Crippen molar-refractivity contribution in [2.45, 2.75) is 264 Å². The third-order valence-corrected chi connectivity index (χ3v) is 10.8. The summed E-state index contributed by atoms with van der Waals surface area (Å²) < 4.78 is 5.88. The number of unbranched alkanes of at least 4 members (excludes halogenated alkanes) is 26. The first-order valence-corrected chi connectivity index (χ1v) is 23.6. The van der Waals surface area contributed by atoms with Gasteiger partial charge in [0.05, 0.1) is 25.2 Å². The van der Waals surface area contributed by atoms with Crippen LogP contribution in [0.25, 0.3) is 0 Å². The first kappa shape index (κ1) is 52.3. The van der Waals surface area contributed by atoms with Crippen LogP contribution >= 0.6 is 0 Å². The van der Waals surface area contributed by atoms with Crippen LogP contribution in [0.5, 0.6) is 0 Å². The topological polar surface area (TPSA) is 95.9 Å². The summed E-state index contributed by atoms with van der Waals surface area (Å²) in [7, 11) is 0. The van der Waals surface area contributed by atoms with E-state index in [9.17, 15) is 19.8 Å². The lowest BCUT2D eigenvalue weighted by molar-refractivity contribution is -0.151. The monoisotopic (exact) mass is 762 g/mol. The second-order valence-corrected chi connectivity index (χ2v) is 16.2. The molecule has 318 valence electrons. The second kappa shape index (κ2) is 42.5. The molecule has 6 heteroatoms. The Balaban J connectivity index is 4.61. The van der Waals surface area contributed by atoms with Gasteiger partial charge in [0.1, 0.15) is 6.10 Å². The van der Waals surface area contributed by atoms with E-state index in [0.717, 1.165) is 64.2 Å². The van der Waals surface area contributed by atoms with Crippen molar-refractivity contribution >= 4 is 11.9 Å². The maximum atomic E-state index is 13.1. The van der Waals surface area contributed by atoms with Crippen LogP contribution in [0, 0.1) is 0 Å². The van der Waals surface area contributed by atoms with E-state index in [1.807, 2.05) is 0 Å². The van der Waals surface area contributed by atoms with E-state index in [-0.39, 0.29) is 24.9 Å². The van der Waals surface area contributed by atoms with Gasteiger partial charge < -0.3 is 20.3 Å². The Morgan fingerprint density at radius 2 is 0.907 bits per heavy atom.